The van der Waals surface area contributed by atoms with E-state index in [1.807, 2.05) is 30.3 Å². The number of carbonyl (C=O) groups is 1. The summed E-state index contributed by atoms with van der Waals surface area (Å²) < 4.78 is 0. The minimum Gasteiger partial charge on any atom is -0.391 e. The van der Waals surface area contributed by atoms with Crippen LogP contribution >= 0.6 is 0 Å². The van der Waals surface area contributed by atoms with Gasteiger partial charge >= 0.3 is 0 Å². The van der Waals surface area contributed by atoms with Gasteiger partial charge in [-0.25, -0.2) is 0 Å². The fraction of sp³-hybridized carbons (Fsp3) is 0.385. The van der Waals surface area contributed by atoms with Crippen molar-refractivity contribution in [3.63, 3.8) is 0 Å². The Labute approximate surface area is 95.1 Å². The molecule has 0 radical (unpaired) electrons. The van der Waals surface area contributed by atoms with Crippen molar-refractivity contribution in [1.29, 1.82) is 0 Å². The number of hydrogen-bond acceptors (Lipinski definition) is 3. The molecule has 1 fully saturated rings. The second-order valence-electron chi connectivity index (χ2n) is 3.99. The summed E-state index contributed by atoms with van der Waals surface area (Å²) in [5.41, 5.74) is 1.97. The Morgan fingerprint density at radius 1 is 1.19 bits per heavy atom. The maximum absolute atomic E-state index is 11.2. The van der Waals surface area contributed by atoms with Gasteiger partial charge in [-0.15, -0.1) is 0 Å². The predicted molar refractivity (Wildman–Crippen MR) is 62.1 cm³/mol. The lowest BCUT2D eigenvalue weighted by atomic mass is 9.98. The van der Waals surface area contributed by atoms with Gasteiger partial charge in [0.05, 0.1) is 5.71 Å². The molecule has 3 nitrogen and oxygen atoms in total. The van der Waals surface area contributed by atoms with Crippen LogP contribution in [0.2, 0.25) is 0 Å². The van der Waals surface area contributed by atoms with Crippen molar-refractivity contribution in [1.82, 2.24) is 0 Å². The van der Waals surface area contributed by atoms with Crippen molar-refractivity contribution in [3.05, 3.63) is 35.9 Å². The molecule has 1 aromatic rings. The van der Waals surface area contributed by atoms with Crippen LogP contribution in [-0.2, 0) is 16.2 Å². The summed E-state index contributed by atoms with van der Waals surface area (Å²) in [6.45, 7) is 0.471. The molecule has 0 unspecified atom stereocenters. The Morgan fingerprint density at radius 2 is 2.00 bits per heavy atom. The van der Waals surface area contributed by atoms with E-state index in [1.54, 1.807) is 0 Å². The van der Waals surface area contributed by atoms with Crippen LogP contribution in [0.5, 0.6) is 0 Å². The second kappa shape index (κ2) is 5.45. The third-order valence-corrected chi connectivity index (χ3v) is 2.59. The van der Waals surface area contributed by atoms with E-state index >= 15 is 0 Å². The van der Waals surface area contributed by atoms with E-state index in [1.165, 1.54) is 0 Å². The standard InChI is InChI=1S/C13H15NO2/c15-13-8-4-7-12(9-13)14-16-10-11-5-2-1-3-6-11/h1-3,5-6H,4,7-10H2. The molecule has 1 saturated carbocycles. The molecular formula is C13H15NO2. The second-order valence-corrected chi connectivity index (χ2v) is 3.99. The number of nitrogens with zero attached hydrogens (tertiary/aromatic N) is 1. The number of ketones is 1. The molecule has 1 aliphatic rings. The highest BCUT2D eigenvalue weighted by Crippen LogP contribution is 2.12. The summed E-state index contributed by atoms with van der Waals surface area (Å²) in [6.07, 6.45) is 2.96. The van der Waals surface area contributed by atoms with Gasteiger partial charge in [-0.1, -0.05) is 35.5 Å². The third-order valence-electron chi connectivity index (χ3n) is 2.59. The van der Waals surface area contributed by atoms with Gasteiger partial charge in [0.1, 0.15) is 12.4 Å². The van der Waals surface area contributed by atoms with Crippen molar-refractivity contribution in [2.75, 3.05) is 0 Å². The van der Waals surface area contributed by atoms with Crippen LogP contribution in [0.25, 0.3) is 0 Å². The Morgan fingerprint density at radius 3 is 2.75 bits per heavy atom. The highest BCUT2D eigenvalue weighted by Gasteiger charge is 2.14. The van der Waals surface area contributed by atoms with Crippen molar-refractivity contribution in [2.24, 2.45) is 5.16 Å². The van der Waals surface area contributed by atoms with Gasteiger partial charge < -0.3 is 4.84 Å². The van der Waals surface area contributed by atoms with Gasteiger partial charge in [-0.05, 0) is 18.4 Å². The molecule has 0 heterocycles. The zero-order valence-corrected chi connectivity index (χ0v) is 9.19. The summed E-state index contributed by atoms with van der Waals surface area (Å²) in [5, 5.41) is 4.02. The number of carbonyl (C=O) groups excluding carboxylic acids is 1. The third kappa shape index (κ3) is 3.19. The molecule has 84 valence electrons. The van der Waals surface area contributed by atoms with Crippen LogP contribution in [0.1, 0.15) is 31.2 Å². The molecular weight excluding hydrogens is 202 g/mol. The quantitative estimate of drug-likeness (QED) is 0.730. The molecule has 0 spiro atoms. The van der Waals surface area contributed by atoms with E-state index < -0.39 is 0 Å². The van der Waals surface area contributed by atoms with E-state index in [-0.39, 0.29) is 5.78 Å². The molecule has 0 atom stereocenters. The number of oxime groups is 1. The minimum absolute atomic E-state index is 0.272. The number of Topliss-reactive ketones (excluding diaryl/α,β-unsaturated/α-hetero) is 1. The number of benzene rings is 1. The van der Waals surface area contributed by atoms with Crippen molar-refractivity contribution < 1.29 is 9.63 Å². The fourth-order valence-electron chi connectivity index (χ4n) is 1.74. The van der Waals surface area contributed by atoms with Gasteiger partial charge in [0.25, 0.3) is 0 Å². The van der Waals surface area contributed by atoms with Crippen LogP contribution in [-0.4, -0.2) is 11.5 Å². The number of rotatable bonds is 3. The Hall–Kier alpha value is -1.64. The zero-order chi connectivity index (χ0) is 11.2. The monoisotopic (exact) mass is 217 g/mol. The first-order chi connectivity index (χ1) is 7.84. The largest absolute Gasteiger partial charge is 0.391 e. The van der Waals surface area contributed by atoms with Gasteiger partial charge in [-0.2, -0.15) is 0 Å². The Kier molecular flexibility index (Phi) is 3.70. The summed E-state index contributed by atoms with van der Waals surface area (Å²) in [5.74, 6) is 0.272. The van der Waals surface area contributed by atoms with E-state index in [9.17, 15) is 4.79 Å². The SMILES string of the molecule is O=C1CCCC(=NOCc2ccccc2)C1. The molecule has 0 N–H and O–H groups in total. The molecule has 0 bridgehead atoms. The van der Waals surface area contributed by atoms with Crippen LogP contribution < -0.4 is 0 Å². The fourth-order valence-corrected chi connectivity index (χ4v) is 1.74. The lowest BCUT2D eigenvalue weighted by molar-refractivity contribution is -0.118. The molecule has 0 amide bonds. The van der Waals surface area contributed by atoms with Crippen LogP contribution in [0, 0.1) is 0 Å². The first-order valence-corrected chi connectivity index (χ1v) is 5.58. The highest BCUT2D eigenvalue weighted by atomic mass is 16.6. The van der Waals surface area contributed by atoms with Crippen molar-refractivity contribution in [3.8, 4) is 0 Å². The summed E-state index contributed by atoms with van der Waals surface area (Å²) in [6, 6.07) is 9.89. The van der Waals surface area contributed by atoms with E-state index in [0.717, 1.165) is 24.1 Å². The summed E-state index contributed by atoms with van der Waals surface area (Å²) in [7, 11) is 0. The molecule has 1 aromatic carbocycles. The topological polar surface area (TPSA) is 38.7 Å². The van der Waals surface area contributed by atoms with Gasteiger partial charge in [-0.3, -0.25) is 4.79 Å². The molecule has 1 aliphatic carbocycles. The molecule has 3 heteroatoms. The molecule has 2 rings (SSSR count). The molecule has 16 heavy (non-hydrogen) atoms. The first-order valence-electron chi connectivity index (χ1n) is 5.58. The molecule has 0 aliphatic heterocycles. The number of hydrogen-bond donors (Lipinski definition) is 0. The molecule has 0 aromatic heterocycles. The predicted octanol–water partition coefficient (Wildman–Crippen LogP) is 2.70. The lowest BCUT2D eigenvalue weighted by Gasteiger charge is -2.10. The van der Waals surface area contributed by atoms with Crippen LogP contribution in [0.15, 0.2) is 35.5 Å². The van der Waals surface area contributed by atoms with Crippen LogP contribution in [0.4, 0.5) is 0 Å². The first kappa shape index (κ1) is 10.9. The minimum atomic E-state index is 0.272. The zero-order valence-electron chi connectivity index (χ0n) is 9.19. The van der Waals surface area contributed by atoms with Crippen LogP contribution in [0.3, 0.4) is 0 Å². The molecule has 0 saturated heterocycles. The lowest BCUT2D eigenvalue weighted by Crippen LogP contribution is -2.14. The van der Waals surface area contributed by atoms with Gasteiger partial charge in [0.15, 0.2) is 0 Å². The summed E-state index contributed by atoms with van der Waals surface area (Å²) in [4.78, 5) is 16.4. The maximum Gasteiger partial charge on any atom is 0.142 e. The normalized spacial score (nSPS) is 18.8. The van der Waals surface area contributed by atoms with E-state index in [2.05, 4.69) is 5.16 Å². The average molecular weight is 217 g/mol. The van der Waals surface area contributed by atoms with E-state index in [0.29, 0.717) is 19.4 Å². The smallest absolute Gasteiger partial charge is 0.142 e. The van der Waals surface area contributed by atoms with Gasteiger partial charge in [0.2, 0.25) is 0 Å². The Balaban J connectivity index is 1.83. The summed E-state index contributed by atoms with van der Waals surface area (Å²) >= 11 is 0. The highest BCUT2D eigenvalue weighted by molar-refractivity contribution is 6.03. The van der Waals surface area contributed by atoms with Gasteiger partial charge in [0, 0.05) is 12.8 Å². The maximum atomic E-state index is 11.2. The van der Waals surface area contributed by atoms with E-state index in [4.69, 9.17) is 4.84 Å². The average Bonchev–Trinajstić information content (AvgIpc) is 2.30. The Bertz CT molecular complexity index is 384. The van der Waals surface area contributed by atoms with Crippen molar-refractivity contribution >= 4 is 11.5 Å². The van der Waals surface area contributed by atoms with Crippen molar-refractivity contribution in [2.45, 2.75) is 32.3 Å².